The highest BCUT2D eigenvalue weighted by Crippen LogP contribution is 2.18. The van der Waals surface area contributed by atoms with E-state index in [2.05, 4.69) is 27.1 Å². The van der Waals surface area contributed by atoms with E-state index >= 15 is 0 Å². The second-order valence-corrected chi connectivity index (χ2v) is 5.87. The summed E-state index contributed by atoms with van der Waals surface area (Å²) >= 11 is 6.91. The van der Waals surface area contributed by atoms with Gasteiger partial charge in [-0.2, -0.15) is 0 Å². The molecule has 0 bridgehead atoms. The van der Waals surface area contributed by atoms with Crippen molar-refractivity contribution in [2.24, 2.45) is 0 Å². The monoisotopic (exact) mass is 299 g/mol. The third-order valence-corrected chi connectivity index (χ3v) is 4.04. The number of rotatable bonds is 3. The van der Waals surface area contributed by atoms with Crippen molar-refractivity contribution in [3.63, 3.8) is 0 Å². The molecule has 0 radical (unpaired) electrons. The number of aryl methyl sites for hydroxylation is 1. The number of nitrogens with zero attached hydrogens (tertiary/aromatic N) is 2. The van der Waals surface area contributed by atoms with E-state index in [1.807, 2.05) is 36.6 Å². The molecule has 0 spiro atoms. The minimum Gasteiger partial charge on any atom is -0.343 e. The van der Waals surface area contributed by atoms with E-state index in [0.717, 1.165) is 27.8 Å². The normalized spacial score (nSPS) is 10.7. The maximum Gasteiger partial charge on any atom is 0.130 e. The highest BCUT2D eigenvalue weighted by atomic mass is 32.1. The molecular weight excluding hydrogens is 286 g/mol. The molecule has 2 heterocycles. The first kappa shape index (κ1) is 13.1. The largest absolute Gasteiger partial charge is 0.343 e. The molecule has 2 aromatic heterocycles. The topological polar surface area (TPSA) is 41.6 Å². The van der Waals surface area contributed by atoms with Crippen molar-refractivity contribution in [2.75, 3.05) is 0 Å². The Morgan fingerprint density at radius 3 is 2.70 bits per heavy atom. The first-order valence-electron chi connectivity index (χ1n) is 6.27. The maximum absolute atomic E-state index is 5.26. The molecule has 0 fully saturated rings. The van der Waals surface area contributed by atoms with E-state index in [1.165, 1.54) is 0 Å². The van der Waals surface area contributed by atoms with Crippen molar-refractivity contribution in [1.29, 1.82) is 0 Å². The minimum atomic E-state index is 0.603. The zero-order valence-electron chi connectivity index (χ0n) is 11.0. The lowest BCUT2D eigenvalue weighted by molar-refractivity contribution is 0.949. The molecular formula is C15H13N3S2. The van der Waals surface area contributed by atoms with Crippen LogP contribution in [0, 0.1) is 11.6 Å². The summed E-state index contributed by atoms with van der Waals surface area (Å²) in [6, 6.07) is 12.0. The SMILES string of the molecule is Cc1csc(Cc2nc(=S)cc(-c3ccccc3)[nH]2)n1. The van der Waals surface area contributed by atoms with Gasteiger partial charge in [0.1, 0.15) is 15.5 Å². The van der Waals surface area contributed by atoms with Crippen LogP contribution in [0.5, 0.6) is 0 Å². The summed E-state index contributed by atoms with van der Waals surface area (Å²) in [4.78, 5) is 12.2. The molecule has 0 aliphatic rings. The van der Waals surface area contributed by atoms with Gasteiger partial charge in [0, 0.05) is 16.8 Å². The molecule has 1 aromatic carbocycles. The number of benzene rings is 1. The summed E-state index contributed by atoms with van der Waals surface area (Å²) in [6.45, 7) is 2.00. The first-order chi connectivity index (χ1) is 9.70. The molecule has 0 saturated carbocycles. The fraction of sp³-hybridized carbons (Fsp3) is 0.133. The van der Waals surface area contributed by atoms with E-state index in [-0.39, 0.29) is 0 Å². The van der Waals surface area contributed by atoms with E-state index < -0.39 is 0 Å². The van der Waals surface area contributed by atoms with Crippen molar-refractivity contribution >= 4 is 23.6 Å². The van der Waals surface area contributed by atoms with Crippen LogP contribution in [0.1, 0.15) is 16.5 Å². The summed E-state index contributed by atoms with van der Waals surface area (Å²) < 4.78 is 0.603. The van der Waals surface area contributed by atoms with E-state index in [0.29, 0.717) is 11.1 Å². The number of hydrogen-bond donors (Lipinski definition) is 1. The number of aromatic nitrogens is 3. The third kappa shape index (κ3) is 3.00. The summed E-state index contributed by atoms with van der Waals surface area (Å²) in [5.41, 5.74) is 3.15. The van der Waals surface area contributed by atoms with Gasteiger partial charge in [-0.3, -0.25) is 0 Å². The van der Waals surface area contributed by atoms with Crippen LogP contribution in [0.25, 0.3) is 11.3 Å². The molecule has 3 aromatic rings. The van der Waals surface area contributed by atoms with Crippen LogP contribution in [0.3, 0.4) is 0 Å². The Labute approximate surface area is 126 Å². The number of nitrogens with one attached hydrogen (secondary N) is 1. The van der Waals surface area contributed by atoms with Gasteiger partial charge in [-0.25, -0.2) is 9.97 Å². The van der Waals surface area contributed by atoms with Crippen LogP contribution >= 0.6 is 23.6 Å². The van der Waals surface area contributed by atoms with Crippen molar-refractivity contribution in [1.82, 2.24) is 15.0 Å². The summed E-state index contributed by atoms with van der Waals surface area (Å²) in [7, 11) is 0. The van der Waals surface area contributed by atoms with Crippen molar-refractivity contribution in [2.45, 2.75) is 13.3 Å². The first-order valence-corrected chi connectivity index (χ1v) is 7.56. The Bertz CT molecular complexity index is 775. The molecule has 5 heteroatoms. The van der Waals surface area contributed by atoms with Gasteiger partial charge in [0.2, 0.25) is 0 Å². The van der Waals surface area contributed by atoms with Crippen LogP contribution in [0.2, 0.25) is 0 Å². The maximum atomic E-state index is 5.26. The van der Waals surface area contributed by atoms with E-state index in [4.69, 9.17) is 12.2 Å². The van der Waals surface area contributed by atoms with E-state index in [1.54, 1.807) is 11.3 Å². The second kappa shape index (κ2) is 5.64. The summed E-state index contributed by atoms with van der Waals surface area (Å²) in [6.07, 6.45) is 0.683. The quantitative estimate of drug-likeness (QED) is 0.738. The molecule has 0 saturated heterocycles. The Kier molecular flexibility index (Phi) is 3.71. The lowest BCUT2D eigenvalue weighted by Crippen LogP contribution is -1.98. The molecule has 1 N–H and O–H groups in total. The molecule has 0 amide bonds. The van der Waals surface area contributed by atoms with Gasteiger partial charge in [-0.1, -0.05) is 42.5 Å². The lowest BCUT2D eigenvalue weighted by Gasteiger charge is -2.05. The number of H-pyrrole nitrogens is 1. The van der Waals surface area contributed by atoms with Gasteiger partial charge in [-0.05, 0) is 18.6 Å². The Morgan fingerprint density at radius 1 is 1.20 bits per heavy atom. The number of hydrogen-bond acceptors (Lipinski definition) is 4. The van der Waals surface area contributed by atoms with Gasteiger partial charge >= 0.3 is 0 Å². The molecule has 0 atom stereocenters. The van der Waals surface area contributed by atoms with Crippen molar-refractivity contribution in [3.05, 3.63) is 62.9 Å². The van der Waals surface area contributed by atoms with Gasteiger partial charge in [-0.15, -0.1) is 11.3 Å². The molecule has 0 aliphatic carbocycles. The second-order valence-electron chi connectivity index (χ2n) is 4.51. The van der Waals surface area contributed by atoms with Crippen LogP contribution in [-0.2, 0) is 6.42 Å². The zero-order valence-corrected chi connectivity index (χ0v) is 12.6. The Balaban J connectivity index is 1.97. The molecule has 20 heavy (non-hydrogen) atoms. The van der Waals surface area contributed by atoms with Gasteiger partial charge in [0.15, 0.2) is 0 Å². The van der Waals surface area contributed by atoms with Crippen LogP contribution in [0.15, 0.2) is 41.8 Å². The Morgan fingerprint density at radius 2 is 2.00 bits per heavy atom. The van der Waals surface area contributed by atoms with E-state index in [9.17, 15) is 0 Å². The lowest BCUT2D eigenvalue weighted by atomic mass is 10.1. The standard InChI is InChI=1S/C15H13N3S2/c1-10-9-20-15(16-10)8-13-17-12(7-14(19)18-13)11-5-3-2-4-6-11/h2-7,9H,8H2,1H3,(H,17,18,19). The van der Waals surface area contributed by atoms with Gasteiger partial charge < -0.3 is 4.98 Å². The predicted octanol–water partition coefficient (Wildman–Crippen LogP) is 4.16. The zero-order chi connectivity index (χ0) is 13.9. The highest BCUT2D eigenvalue weighted by Gasteiger charge is 2.05. The summed E-state index contributed by atoms with van der Waals surface area (Å²) in [5, 5.41) is 3.09. The van der Waals surface area contributed by atoms with Crippen LogP contribution in [-0.4, -0.2) is 15.0 Å². The molecule has 0 aliphatic heterocycles. The van der Waals surface area contributed by atoms with Crippen LogP contribution in [0.4, 0.5) is 0 Å². The fourth-order valence-corrected chi connectivity index (χ4v) is 3.00. The molecule has 3 rings (SSSR count). The van der Waals surface area contributed by atoms with Crippen LogP contribution < -0.4 is 0 Å². The average molecular weight is 299 g/mol. The minimum absolute atomic E-state index is 0.603. The molecule has 100 valence electrons. The molecule has 0 unspecified atom stereocenters. The molecule has 3 nitrogen and oxygen atoms in total. The average Bonchev–Trinajstić information content (AvgIpc) is 2.84. The Hall–Kier alpha value is -1.85. The predicted molar refractivity (Wildman–Crippen MR) is 84.5 cm³/mol. The third-order valence-electron chi connectivity index (χ3n) is 2.86. The number of aromatic amines is 1. The summed E-state index contributed by atoms with van der Waals surface area (Å²) in [5.74, 6) is 0.853. The van der Waals surface area contributed by atoms with Gasteiger partial charge in [0.05, 0.1) is 6.42 Å². The smallest absolute Gasteiger partial charge is 0.130 e. The van der Waals surface area contributed by atoms with Gasteiger partial charge in [0.25, 0.3) is 0 Å². The van der Waals surface area contributed by atoms with Crippen molar-refractivity contribution < 1.29 is 0 Å². The number of thiazole rings is 1. The van der Waals surface area contributed by atoms with Crippen molar-refractivity contribution in [3.8, 4) is 11.3 Å². The highest BCUT2D eigenvalue weighted by molar-refractivity contribution is 7.71. The fourth-order valence-electron chi connectivity index (χ4n) is 1.99.